The van der Waals surface area contributed by atoms with E-state index in [9.17, 15) is 19.8 Å². The largest absolute Gasteiger partial charge is 0.444 e. The zero-order chi connectivity index (χ0) is 24.7. The average Bonchev–Trinajstić information content (AvgIpc) is 2.66. The number of carbonyl (C=O) groups excluding carboxylic acids is 2. The Morgan fingerprint density at radius 2 is 1.19 bits per heavy atom. The molecule has 0 aromatic heterocycles. The number of aliphatic hydroxyl groups excluding tert-OH is 3. The Kier molecular flexibility index (Phi) is 10.7. The molecule has 0 spiro atoms. The van der Waals surface area contributed by atoms with E-state index in [1.807, 2.05) is 48.5 Å². The lowest BCUT2D eigenvalue weighted by molar-refractivity contribution is -0.0204. The molecular weight excluding hydrogens is 416 g/mol. The van der Waals surface area contributed by atoms with E-state index in [2.05, 4.69) is 0 Å². The number of aliphatic hydroxyl groups is 3. The molecular formula is C23H44N2O7. The van der Waals surface area contributed by atoms with Crippen LogP contribution in [0.5, 0.6) is 0 Å². The number of piperidine rings is 2. The van der Waals surface area contributed by atoms with Gasteiger partial charge in [-0.25, -0.2) is 9.59 Å². The number of nitrogens with zero attached hydrogens (tertiary/aromatic N) is 2. The number of rotatable bonds is 2. The smallest absolute Gasteiger partial charge is 0.410 e. The molecule has 9 heteroatoms. The van der Waals surface area contributed by atoms with Gasteiger partial charge in [-0.15, -0.1) is 0 Å². The lowest BCUT2D eigenvalue weighted by Crippen LogP contribution is -2.48. The van der Waals surface area contributed by atoms with Gasteiger partial charge in [0.05, 0.1) is 18.8 Å². The van der Waals surface area contributed by atoms with E-state index >= 15 is 0 Å². The van der Waals surface area contributed by atoms with Crippen LogP contribution in [-0.2, 0) is 9.47 Å². The van der Waals surface area contributed by atoms with Crippen LogP contribution in [0.2, 0.25) is 0 Å². The molecule has 0 aliphatic carbocycles. The molecule has 9 nitrogen and oxygen atoms in total. The summed E-state index contributed by atoms with van der Waals surface area (Å²) in [7, 11) is 0. The summed E-state index contributed by atoms with van der Waals surface area (Å²) < 4.78 is 10.5. The van der Waals surface area contributed by atoms with E-state index in [1.54, 1.807) is 9.80 Å². The van der Waals surface area contributed by atoms with Gasteiger partial charge in [0.15, 0.2) is 0 Å². The normalized spacial score (nSPS) is 26.7. The molecule has 0 saturated carbocycles. The van der Waals surface area contributed by atoms with Gasteiger partial charge in [-0.3, -0.25) is 0 Å². The van der Waals surface area contributed by atoms with E-state index in [1.165, 1.54) is 0 Å². The zero-order valence-electron chi connectivity index (χ0n) is 20.8. The van der Waals surface area contributed by atoms with Crippen molar-refractivity contribution in [3.05, 3.63) is 0 Å². The molecule has 2 amide bonds. The molecule has 0 aromatic carbocycles. The number of carbonyl (C=O) groups is 2. The van der Waals surface area contributed by atoms with Crippen LogP contribution < -0.4 is 0 Å². The van der Waals surface area contributed by atoms with E-state index in [4.69, 9.17) is 14.6 Å². The molecule has 2 fully saturated rings. The van der Waals surface area contributed by atoms with Crippen LogP contribution in [0.3, 0.4) is 0 Å². The van der Waals surface area contributed by atoms with Crippen molar-refractivity contribution in [2.24, 2.45) is 11.8 Å². The Labute approximate surface area is 192 Å². The number of hydrogen-bond donors (Lipinski definition) is 3. The third-order valence-electron chi connectivity index (χ3n) is 5.45. The molecule has 4 atom stereocenters. The van der Waals surface area contributed by atoms with E-state index in [-0.39, 0.29) is 36.7 Å². The molecule has 0 bridgehead atoms. The summed E-state index contributed by atoms with van der Waals surface area (Å²) in [6.45, 7) is 15.0. The number of hydrogen-bond acceptors (Lipinski definition) is 7. The van der Waals surface area contributed by atoms with Gasteiger partial charge in [0, 0.05) is 38.0 Å². The molecule has 2 aliphatic rings. The van der Waals surface area contributed by atoms with Crippen LogP contribution in [0, 0.1) is 11.8 Å². The maximum Gasteiger partial charge on any atom is 0.410 e. The van der Waals surface area contributed by atoms with Gasteiger partial charge < -0.3 is 34.6 Å². The highest BCUT2D eigenvalue weighted by atomic mass is 16.6. The van der Waals surface area contributed by atoms with Gasteiger partial charge in [0.1, 0.15) is 11.2 Å². The van der Waals surface area contributed by atoms with Crippen molar-refractivity contribution in [3.63, 3.8) is 0 Å². The van der Waals surface area contributed by atoms with Crippen LogP contribution in [0.1, 0.15) is 67.7 Å². The molecule has 0 radical (unpaired) electrons. The molecule has 0 aromatic rings. The Morgan fingerprint density at radius 3 is 1.53 bits per heavy atom. The lowest BCUT2D eigenvalue weighted by atomic mass is 9.93. The minimum atomic E-state index is -0.524. The average molecular weight is 461 g/mol. The second-order valence-electron chi connectivity index (χ2n) is 10.7. The maximum absolute atomic E-state index is 11.8. The minimum absolute atomic E-state index is 0.111. The second-order valence-corrected chi connectivity index (χ2v) is 10.7. The van der Waals surface area contributed by atoms with Gasteiger partial charge in [0.25, 0.3) is 0 Å². The first-order valence-electron chi connectivity index (χ1n) is 11.6. The molecule has 3 N–H and O–H groups in total. The minimum Gasteiger partial charge on any atom is -0.444 e. The summed E-state index contributed by atoms with van der Waals surface area (Å²) in [5.41, 5.74) is -0.962. The van der Waals surface area contributed by atoms with Crippen molar-refractivity contribution >= 4 is 12.2 Å². The summed E-state index contributed by atoms with van der Waals surface area (Å²) in [5, 5.41) is 28.3. The van der Waals surface area contributed by atoms with Crippen LogP contribution in [0.15, 0.2) is 0 Å². The van der Waals surface area contributed by atoms with Crippen LogP contribution in [-0.4, -0.2) is 93.5 Å². The molecule has 2 heterocycles. The highest BCUT2D eigenvalue weighted by molar-refractivity contribution is 5.68. The maximum atomic E-state index is 11.8. The van der Waals surface area contributed by atoms with Crippen molar-refractivity contribution in [2.45, 2.75) is 91.1 Å². The fraction of sp³-hybridized carbons (Fsp3) is 0.913. The first-order valence-corrected chi connectivity index (χ1v) is 11.6. The molecule has 32 heavy (non-hydrogen) atoms. The lowest BCUT2D eigenvalue weighted by Gasteiger charge is -2.36. The SMILES string of the molecule is CC(C)(C)OC(=O)N1CCC(O)C(CO)C1.CCC1CN(C(=O)OC(C)(C)C)CCC1O. The van der Waals surface area contributed by atoms with Crippen molar-refractivity contribution in [2.75, 3.05) is 32.8 Å². The topological polar surface area (TPSA) is 120 Å². The van der Waals surface area contributed by atoms with Crippen molar-refractivity contribution in [3.8, 4) is 0 Å². The molecule has 2 rings (SSSR count). The summed E-state index contributed by atoms with van der Waals surface area (Å²) in [6, 6.07) is 0. The van der Waals surface area contributed by atoms with Gasteiger partial charge in [-0.1, -0.05) is 6.92 Å². The van der Waals surface area contributed by atoms with Crippen molar-refractivity contribution < 1.29 is 34.4 Å². The van der Waals surface area contributed by atoms with Crippen LogP contribution >= 0.6 is 0 Å². The van der Waals surface area contributed by atoms with Crippen LogP contribution in [0.4, 0.5) is 9.59 Å². The number of likely N-dealkylation sites (tertiary alicyclic amines) is 2. The summed E-state index contributed by atoms with van der Waals surface area (Å²) >= 11 is 0. The fourth-order valence-electron chi connectivity index (χ4n) is 3.60. The predicted octanol–water partition coefficient (Wildman–Crippen LogP) is 2.61. The third-order valence-corrected chi connectivity index (χ3v) is 5.45. The molecule has 188 valence electrons. The second kappa shape index (κ2) is 12.0. The van der Waals surface area contributed by atoms with E-state index < -0.39 is 17.3 Å². The standard InChI is InChI=1S/C12H23NO3.C11H21NO4/c1-5-9-8-13(7-6-10(9)14)11(15)16-12(2,3)4;1-11(2,3)16-10(15)12-5-4-9(14)8(6-12)7-13/h9-10,14H,5-8H2,1-4H3;8-9,13-14H,4-7H2,1-3H3. The van der Waals surface area contributed by atoms with Gasteiger partial charge in [0.2, 0.25) is 0 Å². The first-order chi connectivity index (χ1) is 14.7. The van der Waals surface area contributed by atoms with Crippen LogP contribution in [0.25, 0.3) is 0 Å². The molecule has 4 unspecified atom stereocenters. The van der Waals surface area contributed by atoms with Crippen molar-refractivity contribution in [1.82, 2.24) is 9.80 Å². The summed E-state index contributed by atoms with van der Waals surface area (Å²) in [6.07, 6.45) is 0.589. The molecule has 2 aliphatic heterocycles. The monoisotopic (exact) mass is 460 g/mol. The Balaban J connectivity index is 0.000000320. The Hall–Kier alpha value is -1.58. The van der Waals surface area contributed by atoms with Crippen molar-refractivity contribution in [1.29, 1.82) is 0 Å². The van der Waals surface area contributed by atoms with Gasteiger partial charge in [-0.05, 0) is 60.8 Å². The summed E-state index contributed by atoms with van der Waals surface area (Å²) in [4.78, 5) is 26.8. The number of amides is 2. The highest BCUT2D eigenvalue weighted by Crippen LogP contribution is 2.22. The summed E-state index contributed by atoms with van der Waals surface area (Å²) in [5.74, 6) is -0.0810. The predicted molar refractivity (Wildman–Crippen MR) is 121 cm³/mol. The van der Waals surface area contributed by atoms with Gasteiger partial charge >= 0.3 is 12.2 Å². The Morgan fingerprint density at radius 1 is 0.812 bits per heavy atom. The Bertz CT molecular complexity index is 548. The number of ether oxygens (including phenoxy) is 2. The highest BCUT2D eigenvalue weighted by Gasteiger charge is 2.32. The third kappa shape index (κ3) is 9.92. The van der Waals surface area contributed by atoms with E-state index in [0.717, 1.165) is 6.42 Å². The first kappa shape index (κ1) is 28.5. The fourth-order valence-corrected chi connectivity index (χ4v) is 3.60. The van der Waals surface area contributed by atoms with Gasteiger partial charge in [-0.2, -0.15) is 0 Å². The quantitative estimate of drug-likeness (QED) is 0.579. The zero-order valence-corrected chi connectivity index (χ0v) is 20.8. The van der Waals surface area contributed by atoms with E-state index in [0.29, 0.717) is 39.0 Å². The molecule has 2 saturated heterocycles.